The Bertz CT molecular complexity index is 815. The molecule has 0 aromatic heterocycles. The van der Waals surface area contributed by atoms with Gasteiger partial charge in [0.25, 0.3) is 0 Å². The van der Waals surface area contributed by atoms with Gasteiger partial charge in [-0.25, -0.2) is 0 Å². The zero-order chi connectivity index (χ0) is 13.9. The normalized spacial score (nSPS) is 10.4. The third-order valence-electron chi connectivity index (χ3n) is 3.39. The van der Waals surface area contributed by atoms with Crippen LogP contribution in [0.15, 0.2) is 65.6 Å². The molecule has 20 heavy (non-hydrogen) atoms. The van der Waals surface area contributed by atoms with Crippen molar-refractivity contribution < 1.29 is 0 Å². The summed E-state index contributed by atoms with van der Waals surface area (Å²) < 4.78 is 0. The van der Waals surface area contributed by atoms with Crippen LogP contribution in [0.4, 0.5) is 0 Å². The molecule has 0 radical (unpaired) electrons. The lowest BCUT2D eigenvalue weighted by Gasteiger charge is -2.08. The van der Waals surface area contributed by atoms with E-state index in [0.29, 0.717) is 5.56 Å². The van der Waals surface area contributed by atoms with E-state index in [-0.39, 0.29) is 0 Å². The topological polar surface area (TPSA) is 23.8 Å². The van der Waals surface area contributed by atoms with Crippen molar-refractivity contribution >= 4 is 22.5 Å². The SMILES string of the molecule is CSc1ccccc1-c1ccc2cc(C#N)ccc2c1. The van der Waals surface area contributed by atoms with E-state index in [0.717, 1.165) is 10.8 Å². The number of benzene rings is 3. The van der Waals surface area contributed by atoms with Gasteiger partial charge in [-0.1, -0.05) is 36.4 Å². The first-order chi connectivity index (χ1) is 9.81. The number of nitrogens with zero attached hydrogens (tertiary/aromatic N) is 1. The van der Waals surface area contributed by atoms with Crippen molar-refractivity contribution in [3.8, 4) is 17.2 Å². The summed E-state index contributed by atoms with van der Waals surface area (Å²) in [6, 6.07) is 22.8. The molecule has 0 atom stereocenters. The van der Waals surface area contributed by atoms with E-state index >= 15 is 0 Å². The van der Waals surface area contributed by atoms with Crippen molar-refractivity contribution in [1.82, 2.24) is 0 Å². The summed E-state index contributed by atoms with van der Waals surface area (Å²) in [5, 5.41) is 11.2. The van der Waals surface area contributed by atoms with E-state index in [1.807, 2.05) is 18.2 Å². The Morgan fingerprint density at radius 3 is 2.45 bits per heavy atom. The molecule has 0 spiro atoms. The predicted octanol–water partition coefficient (Wildman–Crippen LogP) is 5.10. The van der Waals surface area contributed by atoms with Crippen LogP contribution >= 0.6 is 11.8 Å². The minimum Gasteiger partial charge on any atom is -0.192 e. The molecule has 0 N–H and O–H groups in total. The van der Waals surface area contributed by atoms with Crippen LogP contribution in [0.25, 0.3) is 21.9 Å². The molecule has 0 aliphatic rings. The van der Waals surface area contributed by atoms with Gasteiger partial charge in [0.05, 0.1) is 11.6 Å². The minimum absolute atomic E-state index is 0.703. The second-order valence-corrected chi connectivity index (χ2v) is 5.44. The Kier molecular flexibility index (Phi) is 3.45. The zero-order valence-electron chi connectivity index (χ0n) is 11.1. The van der Waals surface area contributed by atoms with Crippen LogP contribution in [0.3, 0.4) is 0 Å². The van der Waals surface area contributed by atoms with Crippen LogP contribution in [0.5, 0.6) is 0 Å². The van der Waals surface area contributed by atoms with Gasteiger partial charge in [-0.3, -0.25) is 0 Å². The molecule has 0 amide bonds. The number of fused-ring (bicyclic) bond motifs is 1. The number of thioether (sulfide) groups is 1. The summed E-state index contributed by atoms with van der Waals surface area (Å²) in [5.41, 5.74) is 3.17. The average molecular weight is 275 g/mol. The molecule has 3 aromatic rings. The summed E-state index contributed by atoms with van der Waals surface area (Å²) in [6.07, 6.45) is 2.10. The Morgan fingerprint density at radius 1 is 0.900 bits per heavy atom. The number of nitriles is 1. The molecule has 3 aromatic carbocycles. The molecule has 1 nitrogen and oxygen atoms in total. The van der Waals surface area contributed by atoms with Gasteiger partial charge >= 0.3 is 0 Å². The first-order valence-corrected chi connectivity index (χ1v) is 7.61. The van der Waals surface area contributed by atoms with Crippen molar-refractivity contribution in [3.63, 3.8) is 0 Å². The average Bonchev–Trinajstić information content (AvgIpc) is 2.53. The number of rotatable bonds is 2. The van der Waals surface area contributed by atoms with Crippen molar-refractivity contribution in [1.29, 1.82) is 5.26 Å². The third-order valence-corrected chi connectivity index (χ3v) is 4.18. The molecular weight excluding hydrogens is 262 g/mol. The molecule has 0 bridgehead atoms. The fraction of sp³-hybridized carbons (Fsp3) is 0.0556. The van der Waals surface area contributed by atoms with Gasteiger partial charge in [0, 0.05) is 4.90 Å². The maximum atomic E-state index is 8.95. The molecule has 96 valence electrons. The first kappa shape index (κ1) is 12.8. The summed E-state index contributed by atoms with van der Waals surface area (Å²) in [4.78, 5) is 1.28. The van der Waals surface area contributed by atoms with E-state index < -0.39 is 0 Å². The van der Waals surface area contributed by atoms with Crippen LogP contribution in [0.2, 0.25) is 0 Å². The zero-order valence-corrected chi connectivity index (χ0v) is 11.9. The molecule has 0 aliphatic heterocycles. The lowest BCUT2D eigenvalue weighted by Crippen LogP contribution is -1.83. The Hall–Kier alpha value is -2.24. The third kappa shape index (κ3) is 2.29. The predicted molar refractivity (Wildman–Crippen MR) is 85.9 cm³/mol. The van der Waals surface area contributed by atoms with E-state index in [9.17, 15) is 0 Å². The van der Waals surface area contributed by atoms with Crippen LogP contribution in [0.1, 0.15) is 5.56 Å². The van der Waals surface area contributed by atoms with Gasteiger partial charge in [0.1, 0.15) is 0 Å². The Balaban J connectivity index is 2.16. The van der Waals surface area contributed by atoms with Gasteiger partial charge in [-0.15, -0.1) is 11.8 Å². The van der Waals surface area contributed by atoms with Gasteiger partial charge in [-0.05, 0) is 52.4 Å². The van der Waals surface area contributed by atoms with Crippen LogP contribution in [-0.4, -0.2) is 6.26 Å². The van der Waals surface area contributed by atoms with Crippen LogP contribution < -0.4 is 0 Å². The Labute approximate surface area is 122 Å². The minimum atomic E-state index is 0.703. The smallest absolute Gasteiger partial charge is 0.0991 e. The summed E-state index contributed by atoms with van der Waals surface area (Å²) >= 11 is 1.76. The van der Waals surface area contributed by atoms with Crippen molar-refractivity contribution in [2.45, 2.75) is 4.90 Å². The largest absolute Gasteiger partial charge is 0.192 e. The van der Waals surface area contributed by atoms with Gasteiger partial charge in [-0.2, -0.15) is 5.26 Å². The quantitative estimate of drug-likeness (QED) is 0.607. The molecule has 0 fully saturated rings. The Morgan fingerprint density at radius 2 is 1.65 bits per heavy atom. The van der Waals surface area contributed by atoms with Gasteiger partial charge < -0.3 is 0 Å². The van der Waals surface area contributed by atoms with E-state index in [2.05, 4.69) is 54.8 Å². The van der Waals surface area contributed by atoms with E-state index in [4.69, 9.17) is 5.26 Å². The maximum absolute atomic E-state index is 8.95. The highest BCUT2D eigenvalue weighted by Crippen LogP contribution is 2.32. The standard InChI is InChI=1S/C18H13NS/c1-20-18-5-3-2-4-17(18)16-9-8-14-10-13(12-19)6-7-15(14)11-16/h2-11H,1H3. The monoisotopic (exact) mass is 275 g/mol. The molecular formula is C18H13NS. The molecule has 0 saturated carbocycles. The summed E-state index contributed by atoms with van der Waals surface area (Å²) in [7, 11) is 0. The highest BCUT2D eigenvalue weighted by molar-refractivity contribution is 7.98. The maximum Gasteiger partial charge on any atom is 0.0991 e. The molecule has 0 saturated heterocycles. The van der Waals surface area contributed by atoms with E-state index in [1.165, 1.54) is 16.0 Å². The molecule has 3 rings (SSSR count). The number of hydrogen-bond donors (Lipinski definition) is 0. The first-order valence-electron chi connectivity index (χ1n) is 6.39. The van der Waals surface area contributed by atoms with Gasteiger partial charge in [0.15, 0.2) is 0 Å². The molecule has 0 heterocycles. The second-order valence-electron chi connectivity index (χ2n) is 4.59. The van der Waals surface area contributed by atoms with Gasteiger partial charge in [0.2, 0.25) is 0 Å². The fourth-order valence-electron chi connectivity index (χ4n) is 2.37. The lowest BCUT2D eigenvalue weighted by molar-refractivity contribution is 1.45. The molecule has 2 heteroatoms. The summed E-state index contributed by atoms with van der Waals surface area (Å²) in [5.74, 6) is 0. The van der Waals surface area contributed by atoms with Crippen LogP contribution in [-0.2, 0) is 0 Å². The van der Waals surface area contributed by atoms with Crippen molar-refractivity contribution in [2.75, 3.05) is 6.26 Å². The number of hydrogen-bond acceptors (Lipinski definition) is 2. The van der Waals surface area contributed by atoms with Crippen molar-refractivity contribution in [2.24, 2.45) is 0 Å². The fourth-order valence-corrected chi connectivity index (χ4v) is 2.99. The molecule has 0 aliphatic carbocycles. The molecule has 0 unspecified atom stereocenters. The van der Waals surface area contributed by atoms with E-state index in [1.54, 1.807) is 11.8 Å². The van der Waals surface area contributed by atoms with Crippen molar-refractivity contribution in [3.05, 3.63) is 66.2 Å². The highest BCUT2D eigenvalue weighted by atomic mass is 32.2. The van der Waals surface area contributed by atoms with Crippen LogP contribution in [0, 0.1) is 11.3 Å². The highest BCUT2D eigenvalue weighted by Gasteiger charge is 2.05. The second kappa shape index (κ2) is 5.40. The summed E-state index contributed by atoms with van der Waals surface area (Å²) in [6.45, 7) is 0. The lowest BCUT2D eigenvalue weighted by atomic mass is 10.00.